The highest BCUT2D eigenvalue weighted by molar-refractivity contribution is 5.73. The number of rotatable bonds is 19. The lowest BCUT2D eigenvalue weighted by Crippen LogP contribution is -2.19. The van der Waals surface area contributed by atoms with E-state index < -0.39 is 11.9 Å². The Morgan fingerprint density at radius 3 is 1.27 bits per heavy atom. The molecule has 0 atom stereocenters. The zero-order valence-corrected chi connectivity index (χ0v) is 17.1. The summed E-state index contributed by atoms with van der Waals surface area (Å²) in [4.78, 5) is 22.9. The molecule has 0 fully saturated rings. The molecule has 0 aliphatic heterocycles. The fourth-order valence-corrected chi connectivity index (χ4v) is 2.61. The number of ether oxygens (including phenoxy) is 3. The fraction of sp³-hybridized carbons (Fsp3) is 0.905. The van der Waals surface area contributed by atoms with Crippen LogP contribution in [0, 0.1) is 0 Å². The highest BCUT2D eigenvalue weighted by Crippen LogP contribution is 2.08. The zero-order valence-electron chi connectivity index (χ0n) is 17.1. The molecule has 0 saturated carbocycles. The molecule has 26 heavy (non-hydrogen) atoms. The van der Waals surface area contributed by atoms with Crippen LogP contribution in [0.4, 0.5) is 0 Å². The lowest BCUT2D eigenvalue weighted by Gasteiger charge is -2.07. The predicted molar refractivity (Wildman–Crippen MR) is 104 cm³/mol. The molecule has 0 amide bonds. The summed E-state index contributed by atoms with van der Waals surface area (Å²) in [5.41, 5.74) is 0. The van der Waals surface area contributed by atoms with E-state index in [1.165, 1.54) is 57.8 Å². The Balaban J connectivity index is 3.31. The first-order chi connectivity index (χ1) is 12.7. The molecule has 5 nitrogen and oxygen atoms in total. The summed E-state index contributed by atoms with van der Waals surface area (Å²) in [5.74, 6) is -0.836. The normalized spacial score (nSPS) is 10.7. The molecule has 0 aromatic heterocycles. The highest BCUT2D eigenvalue weighted by Gasteiger charge is 2.07. The van der Waals surface area contributed by atoms with Crippen LogP contribution < -0.4 is 0 Å². The Morgan fingerprint density at radius 1 is 0.538 bits per heavy atom. The van der Waals surface area contributed by atoms with Crippen LogP contribution in [0.15, 0.2) is 0 Å². The number of hydrogen-bond donors (Lipinski definition) is 0. The number of carbonyl (C=O) groups is 2. The van der Waals surface area contributed by atoms with Crippen molar-refractivity contribution >= 4 is 11.9 Å². The lowest BCUT2D eigenvalue weighted by molar-refractivity contribution is -0.155. The van der Waals surface area contributed by atoms with Crippen molar-refractivity contribution in [3.05, 3.63) is 0 Å². The van der Waals surface area contributed by atoms with Crippen molar-refractivity contribution in [2.45, 2.75) is 97.3 Å². The minimum Gasteiger partial charge on any atom is -0.464 e. The molecule has 0 heterocycles. The van der Waals surface area contributed by atoms with Crippen LogP contribution in [0.3, 0.4) is 0 Å². The van der Waals surface area contributed by atoms with Crippen LogP contribution in [0.5, 0.6) is 0 Å². The SMILES string of the molecule is CCCCCCCCCCOC(=O)COCC(=O)OCCCCCCC. The first-order valence-electron chi connectivity index (χ1n) is 10.6. The third-order valence-corrected chi connectivity index (χ3v) is 4.21. The van der Waals surface area contributed by atoms with Crippen molar-refractivity contribution in [2.75, 3.05) is 26.4 Å². The Labute approximate surface area is 160 Å². The molecular formula is C21H40O5. The Hall–Kier alpha value is -1.10. The average Bonchev–Trinajstić information content (AvgIpc) is 2.63. The van der Waals surface area contributed by atoms with Gasteiger partial charge in [-0.25, -0.2) is 9.59 Å². The van der Waals surface area contributed by atoms with Gasteiger partial charge in [0.05, 0.1) is 13.2 Å². The molecule has 0 saturated heterocycles. The Kier molecular flexibility index (Phi) is 19.4. The highest BCUT2D eigenvalue weighted by atomic mass is 16.6. The van der Waals surface area contributed by atoms with Crippen LogP contribution in [-0.4, -0.2) is 38.4 Å². The molecular weight excluding hydrogens is 332 g/mol. The predicted octanol–water partition coefficient (Wildman–Crippen LogP) is 5.20. The molecule has 0 aromatic rings. The average molecular weight is 373 g/mol. The van der Waals surface area contributed by atoms with Crippen LogP contribution in [0.25, 0.3) is 0 Å². The van der Waals surface area contributed by atoms with Crippen molar-refractivity contribution in [3.63, 3.8) is 0 Å². The molecule has 0 unspecified atom stereocenters. The van der Waals surface area contributed by atoms with Gasteiger partial charge in [0.25, 0.3) is 0 Å². The maximum Gasteiger partial charge on any atom is 0.332 e. The number of unbranched alkanes of at least 4 members (excludes halogenated alkanes) is 11. The lowest BCUT2D eigenvalue weighted by atomic mass is 10.1. The fourth-order valence-electron chi connectivity index (χ4n) is 2.61. The van der Waals surface area contributed by atoms with Gasteiger partial charge in [0, 0.05) is 0 Å². The second-order valence-corrected chi connectivity index (χ2v) is 6.82. The summed E-state index contributed by atoms with van der Waals surface area (Å²) in [6.45, 7) is 4.85. The van der Waals surface area contributed by atoms with E-state index in [1.807, 2.05) is 0 Å². The molecule has 0 aliphatic carbocycles. The van der Waals surface area contributed by atoms with Crippen molar-refractivity contribution < 1.29 is 23.8 Å². The van der Waals surface area contributed by atoms with E-state index in [-0.39, 0.29) is 13.2 Å². The summed E-state index contributed by atoms with van der Waals surface area (Å²) in [6.07, 6.45) is 15.2. The zero-order chi connectivity index (χ0) is 19.3. The second-order valence-electron chi connectivity index (χ2n) is 6.82. The van der Waals surface area contributed by atoms with Gasteiger partial charge in [-0.3, -0.25) is 0 Å². The van der Waals surface area contributed by atoms with E-state index in [0.717, 1.165) is 25.7 Å². The standard InChI is InChI=1S/C21H40O5/c1-3-5-7-9-10-11-13-15-17-26-21(23)19-24-18-20(22)25-16-14-12-8-6-4-2/h3-19H2,1-2H3. The van der Waals surface area contributed by atoms with E-state index >= 15 is 0 Å². The van der Waals surface area contributed by atoms with Gasteiger partial charge >= 0.3 is 11.9 Å². The van der Waals surface area contributed by atoms with E-state index in [2.05, 4.69) is 13.8 Å². The van der Waals surface area contributed by atoms with Crippen molar-refractivity contribution in [3.8, 4) is 0 Å². The van der Waals surface area contributed by atoms with Crippen LogP contribution in [0.2, 0.25) is 0 Å². The van der Waals surface area contributed by atoms with Gasteiger partial charge in [-0.05, 0) is 12.8 Å². The quantitative estimate of drug-likeness (QED) is 0.230. The van der Waals surface area contributed by atoms with Gasteiger partial charge in [0.1, 0.15) is 13.2 Å². The van der Waals surface area contributed by atoms with Crippen LogP contribution >= 0.6 is 0 Å². The largest absolute Gasteiger partial charge is 0.464 e. The molecule has 0 bridgehead atoms. The third kappa shape index (κ3) is 19.2. The monoisotopic (exact) mass is 372 g/mol. The maximum atomic E-state index is 11.5. The summed E-state index contributed by atoms with van der Waals surface area (Å²) in [5, 5.41) is 0. The van der Waals surface area contributed by atoms with Crippen LogP contribution in [0.1, 0.15) is 97.3 Å². The van der Waals surface area contributed by atoms with E-state index in [4.69, 9.17) is 14.2 Å². The summed E-state index contributed by atoms with van der Waals surface area (Å²) in [7, 11) is 0. The third-order valence-electron chi connectivity index (χ3n) is 4.21. The molecule has 154 valence electrons. The molecule has 0 aromatic carbocycles. The first-order valence-corrected chi connectivity index (χ1v) is 10.6. The summed E-state index contributed by atoms with van der Waals surface area (Å²) < 4.78 is 15.2. The Morgan fingerprint density at radius 2 is 0.885 bits per heavy atom. The number of hydrogen-bond acceptors (Lipinski definition) is 5. The second kappa shape index (κ2) is 20.2. The molecule has 0 N–H and O–H groups in total. The van der Waals surface area contributed by atoms with Crippen LogP contribution in [-0.2, 0) is 23.8 Å². The number of esters is 2. The minimum absolute atomic E-state index is 0.192. The first kappa shape index (κ1) is 24.9. The van der Waals surface area contributed by atoms with E-state index in [0.29, 0.717) is 13.2 Å². The van der Waals surface area contributed by atoms with Gasteiger partial charge in [0.15, 0.2) is 0 Å². The molecule has 0 aliphatic rings. The van der Waals surface area contributed by atoms with Gasteiger partial charge in [-0.1, -0.05) is 84.5 Å². The van der Waals surface area contributed by atoms with Gasteiger partial charge in [-0.15, -0.1) is 0 Å². The van der Waals surface area contributed by atoms with Crippen molar-refractivity contribution in [1.29, 1.82) is 0 Å². The van der Waals surface area contributed by atoms with Crippen molar-refractivity contribution in [2.24, 2.45) is 0 Å². The minimum atomic E-state index is -0.420. The van der Waals surface area contributed by atoms with Crippen molar-refractivity contribution in [1.82, 2.24) is 0 Å². The van der Waals surface area contributed by atoms with Gasteiger partial charge in [0.2, 0.25) is 0 Å². The smallest absolute Gasteiger partial charge is 0.332 e. The van der Waals surface area contributed by atoms with Gasteiger partial charge in [-0.2, -0.15) is 0 Å². The maximum absolute atomic E-state index is 11.5. The van der Waals surface area contributed by atoms with E-state index in [9.17, 15) is 9.59 Å². The molecule has 5 heteroatoms. The Bertz CT molecular complexity index is 330. The molecule has 0 rings (SSSR count). The topological polar surface area (TPSA) is 61.8 Å². The summed E-state index contributed by atoms with van der Waals surface area (Å²) in [6, 6.07) is 0. The number of carbonyl (C=O) groups excluding carboxylic acids is 2. The summed E-state index contributed by atoms with van der Waals surface area (Å²) >= 11 is 0. The molecule has 0 spiro atoms. The van der Waals surface area contributed by atoms with E-state index in [1.54, 1.807) is 0 Å². The van der Waals surface area contributed by atoms with Gasteiger partial charge < -0.3 is 14.2 Å². The molecule has 0 radical (unpaired) electrons.